The Hall–Kier alpha value is -4.34. The number of benzene rings is 1. The maximum atomic E-state index is 14.5. The van der Waals surface area contributed by atoms with E-state index in [0.717, 1.165) is 5.56 Å². The maximum absolute atomic E-state index is 14.5. The molecular weight excluding hydrogens is 644 g/mol. The second-order valence-corrected chi connectivity index (χ2v) is 15.8. The molecule has 1 aliphatic carbocycles. The number of Topliss-reactive ketones (excluding diaryl/α,β-unsaturated/α-hetero) is 4. The van der Waals surface area contributed by atoms with Crippen LogP contribution in [0.1, 0.15) is 109 Å². The minimum atomic E-state index is -0.981. The molecule has 7 atom stereocenters. The zero-order valence-corrected chi connectivity index (χ0v) is 31.1. The second-order valence-electron chi connectivity index (χ2n) is 15.8. The second kappa shape index (κ2) is 17.2. The summed E-state index contributed by atoms with van der Waals surface area (Å²) in [5.41, 5.74) is 0.413. The van der Waals surface area contributed by atoms with Crippen LogP contribution in [0.5, 0.6) is 0 Å². The lowest BCUT2D eigenvalue weighted by Crippen LogP contribution is -2.58. The summed E-state index contributed by atoms with van der Waals surface area (Å²) < 4.78 is 0. The van der Waals surface area contributed by atoms with Crippen LogP contribution in [0.3, 0.4) is 0 Å². The predicted molar refractivity (Wildman–Crippen MR) is 194 cm³/mol. The van der Waals surface area contributed by atoms with Gasteiger partial charge in [0.2, 0.25) is 17.6 Å². The number of carbonyl (C=O) groups excluding carboxylic acids is 6. The summed E-state index contributed by atoms with van der Waals surface area (Å²) >= 11 is 0. The summed E-state index contributed by atoms with van der Waals surface area (Å²) in [5.74, 6) is -4.35. The highest BCUT2D eigenvalue weighted by Gasteiger charge is 2.51. The Morgan fingerprint density at radius 3 is 2.27 bits per heavy atom. The molecule has 1 aromatic heterocycles. The molecule has 1 saturated heterocycles. The monoisotopic (exact) mass is 698 g/mol. The fraction of sp³-hybridized carbons (Fsp3) is 0.561. The molecule has 274 valence electrons. The molecule has 2 amide bonds. The van der Waals surface area contributed by atoms with Gasteiger partial charge in [0.15, 0.2) is 17.3 Å². The number of ketones is 4. The number of likely N-dealkylation sites (tertiary alicyclic amines) is 1. The molecule has 51 heavy (non-hydrogen) atoms. The molecule has 1 aliphatic heterocycles. The first-order chi connectivity index (χ1) is 24.1. The highest BCUT2D eigenvalue weighted by atomic mass is 16.2. The number of hydrogen-bond acceptors (Lipinski definition) is 8. The summed E-state index contributed by atoms with van der Waals surface area (Å²) in [6.45, 7) is 13.4. The van der Waals surface area contributed by atoms with Crippen LogP contribution in [0.25, 0.3) is 0 Å². The predicted octanol–water partition coefficient (Wildman–Crippen LogP) is 5.96. The van der Waals surface area contributed by atoms with Crippen molar-refractivity contribution < 1.29 is 28.8 Å². The summed E-state index contributed by atoms with van der Waals surface area (Å²) in [5, 5.41) is 2.98. The number of rotatable bonds is 17. The summed E-state index contributed by atoms with van der Waals surface area (Å²) in [6, 6.07) is 7.80. The lowest BCUT2D eigenvalue weighted by molar-refractivity contribution is -0.146. The van der Waals surface area contributed by atoms with Gasteiger partial charge in [-0.1, -0.05) is 97.4 Å². The van der Waals surface area contributed by atoms with E-state index in [1.807, 2.05) is 91.0 Å². The Balaban J connectivity index is 1.53. The molecule has 4 unspecified atom stereocenters. The van der Waals surface area contributed by atoms with Gasteiger partial charge in [0, 0.05) is 50.0 Å². The molecule has 10 nitrogen and oxygen atoms in total. The first kappa shape index (κ1) is 39.4. The van der Waals surface area contributed by atoms with Crippen molar-refractivity contribution in [2.24, 2.45) is 35.0 Å². The van der Waals surface area contributed by atoms with E-state index >= 15 is 0 Å². The normalized spacial score (nSPS) is 20.7. The average Bonchev–Trinajstić information content (AvgIpc) is 3.70. The van der Waals surface area contributed by atoms with E-state index in [-0.39, 0.29) is 66.1 Å². The van der Waals surface area contributed by atoms with Crippen LogP contribution in [-0.2, 0) is 24.0 Å². The molecule has 10 heteroatoms. The number of nitrogens with zero attached hydrogens (tertiary/aromatic N) is 3. The molecule has 2 heterocycles. The number of fused-ring (bicyclic) bond motifs is 1. The van der Waals surface area contributed by atoms with E-state index in [1.165, 1.54) is 18.6 Å². The molecule has 0 bridgehead atoms. The lowest BCUT2D eigenvalue weighted by Gasteiger charge is -2.37. The Bertz CT molecular complexity index is 1600. The van der Waals surface area contributed by atoms with E-state index in [1.54, 1.807) is 4.90 Å². The molecule has 0 spiro atoms. The van der Waals surface area contributed by atoms with Crippen molar-refractivity contribution in [2.75, 3.05) is 6.54 Å². The molecular formula is C41H54N4O6. The lowest BCUT2D eigenvalue weighted by atomic mass is 9.82. The number of amides is 2. The third-order valence-corrected chi connectivity index (χ3v) is 10.5. The van der Waals surface area contributed by atoms with Gasteiger partial charge in [-0.05, 0) is 47.5 Å². The summed E-state index contributed by atoms with van der Waals surface area (Å²) in [7, 11) is 0. The molecule has 0 radical (unpaired) electrons. The Morgan fingerprint density at radius 1 is 0.961 bits per heavy atom. The topological polar surface area (TPSA) is 143 Å². The van der Waals surface area contributed by atoms with Gasteiger partial charge in [-0.2, -0.15) is 0 Å². The zero-order valence-electron chi connectivity index (χ0n) is 31.1. The first-order valence-electron chi connectivity index (χ1n) is 18.3. The van der Waals surface area contributed by atoms with E-state index in [4.69, 9.17) is 0 Å². The molecule has 1 aromatic carbocycles. The quantitative estimate of drug-likeness (QED) is 0.121. The van der Waals surface area contributed by atoms with E-state index in [2.05, 4.69) is 15.3 Å². The van der Waals surface area contributed by atoms with Gasteiger partial charge in [0.05, 0.1) is 12.2 Å². The van der Waals surface area contributed by atoms with E-state index < -0.39 is 46.8 Å². The van der Waals surface area contributed by atoms with Crippen molar-refractivity contribution in [1.82, 2.24) is 20.2 Å². The van der Waals surface area contributed by atoms with Gasteiger partial charge in [-0.3, -0.25) is 33.8 Å². The van der Waals surface area contributed by atoms with Gasteiger partial charge >= 0.3 is 0 Å². The maximum Gasteiger partial charge on any atom is 0.246 e. The number of aromatic nitrogens is 2. The van der Waals surface area contributed by atoms with Crippen LogP contribution in [0.15, 0.2) is 61.1 Å². The minimum Gasteiger partial charge on any atom is -0.344 e. The van der Waals surface area contributed by atoms with Crippen molar-refractivity contribution in [1.29, 1.82) is 0 Å². The van der Waals surface area contributed by atoms with Gasteiger partial charge in [0.25, 0.3) is 0 Å². The van der Waals surface area contributed by atoms with Crippen molar-refractivity contribution >= 4 is 34.9 Å². The van der Waals surface area contributed by atoms with Crippen LogP contribution < -0.4 is 5.32 Å². The van der Waals surface area contributed by atoms with Gasteiger partial charge in [-0.15, -0.1) is 0 Å². The highest BCUT2D eigenvalue weighted by molar-refractivity contribution is 6.38. The van der Waals surface area contributed by atoms with Crippen LogP contribution in [0.2, 0.25) is 0 Å². The summed E-state index contributed by atoms with van der Waals surface area (Å²) in [4.78, 5) is 92.1. The SMILES string of the molecule is CCCC(CC(=O)C1[C@H]2CC=CC2CN1C(=O)C(NC(=O)[C@H](CC(=O)c1cnccn1)C(C)C)C(C)(C)C)C(=O)C(=O)C[C@@H](C)c1ccccc1. The van der Waals surface area contributed by atoms with Crippen LogP contribution in [-0.4, -0.2) is 68.4 Å². The van der Waals surface area contributed by atoms with Crippen LogP contribution in [0, 0.1) is 35.0 Å². The zero-order chi connectivity index (χ0) is 37.5. The molecule has 2 aromatic rings. The van der Waals surface area contributed by atoms with Crippen molar-refractivity contribution in [3.63, 3.8) is 0 Å². The smallest absolute Gasteiger partial charge is 0.246 e. The Morgan fingerprint density at radius 2 is 1.67 bits per heavy atom. The van der Waals surface area contributed by atoms with Gasteiger partial charge in [-0.25, -0.2) is 4.98 Å². The largest absolute Gasteiger partial charge is 0.344 e. The first-order valence-corrected chi connectivity index (χ1v) is 18.3. The third kappa shape index (κ3) is 9.71. The number of carbonyl (C=O) groups is 6. The Kier molecular flexibility index (Phi) is 13.3. The molecule has 4 rings (SSSR count). The standard InChI is InChI=1S/C41H54N4O6/c1-8-13-28(37(49)35(48)20-26(4)27-14-10-9-11-15-27)21-34(47)36-30-17-12-16-29(30)24-45(36)40(51)38(41(5,6)7)44-39(50)31(25(2)3)22-33(46)32-23-42-18-19-43-32/h9-12,14-16,18-19,23,25-26,28-31,36,38H,8,13,17,20-22,24H2,1-7H3,(H,44,50)/t26-,28?,29?,30+,31-,36?,38?/m1/s1. The van der Waals surface area contributed by atoms with Crippen molar-refractivity contribution in [3.05, 3.63) is 72.3 Å². The fourth-order valence-corrected chi connectivity index (χ4v) is 7.48. The van der Waals surface area contributed by atoms with Gasteiger partial charge < -0.3 is 10.2 Å². The van der Waals surface area contributed by atoms with E-state index in [9.17, 15) is 28.8 Å². The molecule has 1 fully saturated rings. The molecule has 1 N–H and O–H groups in total. The number of allylic oxidation sites excluding steroid dienone is 1. The summed E-state index contributed by atoms with van der Waals surface area (Å²) in [6.07, 6.45) is 9.83. The van der Waals surface area contributed by atoms with Gasteiger partial charge in [0.1, 0.15) is 11.7 Å². The number of hydrogen-bond donors (Lipinski definition) is 1. The Labute approximate surface area is 302 Å². The van der Waals surface area contributed by atoms with E-state index in [0.29, 0.717) is 25.8 Å². The van der Waals surface area contributed by atoms with Crippen molar-refractivity contribution in [3.8, 4) is 0 Å². The number of nitrogens with one attached hydrogen (secondary N) is 1. The van der Waals surface area contributed by atoms with Crippen molar-refractivity contribution in [2.45, 2.75) is 105 Å². The molecule has 2 aliphatic rings. The fourth-order valence-electron chi connectivity index (χ4n) is 7.48. The minimum absolute atomic E-state index is 0.0269. The molecule has 0 saturated carbocycles. The third-order valence-electron chi connectivity index (χ3n) is 10.5. The highest BCUT2D eigenvalue weighted by Crippen LogP contribution is 2.41. The van der Waals surface area contributed by atoms with Crippen LogP contribution >= 0.6 is 0 Å². The van der Waals surface area contributed by atoms with Crippen LogP contribution in [0.4, 0.5) is 0 Å². The average molecular weight is 699 g/mol.